The molecule has 1 nitrogen and oxygen atoms in total. The monoisotopic (exact) mass is 410 g/mol. The van der Waals surface area contributed by atoms with Gasteiger partial charge in [-0.2, -0.15) is 0 Å². The minimum Gasteiger partial charge on any atom is -0.508 e. The van der Waals surface area contributed by atoms with Crippen LogP contribution in [0.1, 0.15) is 16.7 Å². The molecule has 0 aromatic heterocycles. The average Bonchev–Trinajstić information content (AvgIpc) is 2.38. The van der Waals surface area contributed by atoms with Gasteiger partial charge in [0.05, 0.1) is 0 Å². The summed E-state index contributed by atoms with van der Waals surface area (Å²) in [6, 6.07) is 13.2. The second-order valence-electron chi connectivity index (χ2n) is 4.89. The number of phenols is 1. The summed E-state index contributed by atoms with van der Waals surface area (Å²) in [7, 11) is -10.7. The van der Waals surface area contributed by atoms with Gasteiger partial charge >= 0.3 is 33.0 Å². The normalized spacial score (nSPS) is 14.2. The Bertz CT molecular complexity index is 692. The molecule has 2 rings (SSSR count). The molecule has 0 spiro atoms. The number of phenolic OH excluding ortho intramolecular Hbond substituents is 1. The molecule has 0 atom stereocenters. The van der Waals surface area contributed by atoms with E-state index in [1.165, 1.54) is 11.1 Å². The van der Waals surface area contributed by atoms with Gasteiger partial charge in [0.1, 0.15) is 11.5 Å². The van der Waals surface area contributed by atoms with Crippen LogP contribution in [-0.2, 0) is 24.8 Å². The molecule has 0 aliphatic carbocycles. The van der Waals surface area contributed by atoms with Crippen LogP contribution in [0, 0.1) is 0 Å². The van der Waals surface area contributed by atoms with E-state index in [-0.39, 0.29) is 0 Å². The fourth-order valence-corrected chi connectivity index (χ4v) is 2.24. The van der Waals surface area contributed by atoms with E-state index in [1.807, 2.05) is 36.4 Å². The van der Waals surface area contributed by atoms with Crippen molar-refractivity contribution in [1.82, 2.24) is 0 Å². The van der Waals surface area contributed by atoms with E-state index in [1.54, 1.807) is 6.07 Å². The molecule has 0 saturated carbocycles. The van der Waals surface area contributed by atoms with Crippen LogP contribution in [0.25, 0.3) is 0 Å². The summed E-state index contributed by atoms with van der Waals surface area (Å²) in [5.41, 5.74) is 3.50. The summed E-state index contributed by atoms with van der Waals surface area (Å²) >= 11 is 9.36. The molecule has 0 bridgehead atoms. The molecule has 0 saturated heterocycles. The van der Waals surface area contributed by atoms with E-state index >= 15 is 0 Å². The van der Waals surface area contributed by atoms with Gasteiger partial charge in [-0.15, -0.1) is 0 Å². The van der Waals surface area contributed by atoms with Gasteiger partial charge in [-0.1, -0.05) is 29.8 Å². The Hall–Kier alpha value is -1.11. The molecule has 0 unspecified atom stereocenters. The number of hydrogen-bond acceptors (Lipinski definition) is 1. The number of rotatable bonds is 3. The molecule has 10 heteroatoms. The topological polar surface area (TPSA) is 20.2 Å². The first kappa shape index (κ1) is 20.9. The van der Waals surface area contributed by atoms with Crippen LogP contribution >= 0.6 is 19.4 Å². The number of hydrogen-bond donors (Lipinski definition) is 1. The quantitative estimate of drug-likeness (QED) is 0.346. The Morgan fingerprint density at radius 2 is 1.38 bits per heavy atom. The van der Waals surface area contributed by atoms with Crippen LogP contribution in [0.3, 0.4) is 0 Å². The van der Waals surface area contributed by atoms with Gasteiger partial charge in [-0.3, -0.25) is 0 Å². The minimum absolute atomic E-state index is 0.304. The molecular weight excluding hydrogens is 397 g/mol. The fourth-order valence-electron chi connectivity index (χ4n) is 1.77. The molecule has 0 fully saturated rings. The first-order valence-corrected chi connectivity index (χ1v) is 9.51. The number of halogens is 7. The zero-order chi connectivity index (χ0) is 18.7. The third kappa shape index (κ3) is 10.6. The van der Waals surface area contributed by atoms with Crippen LogP contribution < -0.4 is 0 Å². The maximum atomic E-state index is 9.87. The summed E-state index contributed by atoms with van der Waals surface area (Å²) in [5.74, 6) is 1.08. The average molecular weight is 411 g/mol. The largest absolute Gasteiger partial charge is 0.508 e. The van der Waals surface area contributed by atoms with Gasteiger partial charge in [0.25, 0.3) is 0 Å². The summed E-state index contributed by atoms with van der Waals surface area (Å²) < 4.78 is 59.2. The summed E-state index contributed by atoms with van der Waals surface area (Å²) in [6.45, 7) is 0. The second-order valence-corrected chi connectivity index (χ2v) is 7.60. The fraction of sp³-hybridized carbons (Fsp3) is 0.143. The van der Waals surface area contributed by atoms with Gasteiger partial charge < -0.3 is 5.11 Å². The van der Waals surface area contributed by atoms with Crippen molar-refractivity contribution in [1.29, 1.82) is 0 Å². The SMILES string of the molecule is F[P-](F)(F)(F)(F)F.Oc1ccc(C[SH2+])c(Cc2ccc(Cl)cc2)c1. The smallest absolute Gasteiger partial charge is 0.128 e. The van der Waals surface area contributed by atoms with E-state index in [0.717, 1.165) is 22.8 Å². The van der Waals surface area contributed by atoms with Crippen molar-refractivity contribution in [2.24, 2.45) is 0 Å². The standard InChI is InChI=1S/C14H13ClOS.F6P/c15-13-4-1-10(2-5-13)7-12-8-14(16)6-3-11(12)9-17;1-7(2,3,4,5)6/h1-6,8,16-17H,7,9H2;/q;-1/p+1. The molecule has 2 aromatic rings. The van der Waals surface area contributed by atoms with E-state index in [0.29, 0.717) is 5.75 Å². The van der Waals surface area contributed by atoms with Gasteiger partial charge in [0.15, 0.2) is 0 Å². The summed E-state index contributed by atoms with van der Waals surface area (Å²) in [5, 5.41) is 10.3. The summed E-state index contributed by atoms with van der Waals surface area (Å²) in [6.07, 6.45) is 0.797. The van der Waals surface area contributed by atoms with Gasteiger partial charge in [0.2, 0.25) is 0 Å². The van der Waals surface area contributed by atoms with E-state index in [4.69, 9.17) is 11.6 Å². The van der Waals surface area contributed by atoms with Crippen LogP contribution in [-0.4, -0.2) is 5.11 Å². The van der Waals surface area contributed by atoms with Gasteiger partial charge in [-0.05, 0) is 54.4 Å². The molecular formula is C14H14ClF6OPS. The Balaban J connectivity index is 0.000000351. The maximum absolute atomic E-state index is 10.7. The predicted octanol–water partition coefficient (Wildman–Crippen LogP) is 6.53. The Labute approximate surface area is 144 Å². The maximum Gasteiger partial charge on any atom is 0.128 e. The predicted molar refractivity (Wildman–Crippen MR) is 89.8 cm³/mol. The van der Waals surface area contributed by atoms with Crippen molar-refractivity contribution in [3.63, 3.8) is 0 Å². The zero-order valence-corrected chi connectivity index (χ0v) is 14.6. The Kier molecular flexibility index (Phi) is 5.80. The third-order valence-corrected chi connectivity index (χ3v) is 3.32. The van der Waals surface area contributed by atoms with Gasteiger partial charge in [0, 0.05) is 10.6 Å². The van der Waals surface area contributed by atoms with Gasteiger partial charge in [-0.25, -0.2) is 0 Å². The molecule has 24 heavy (non-hydrogen) atoms. The van der Waals surface area contributed by atoms with Crippen molar-refractivity contribution in [3.05, 3.63) is 64.2 Å². The number of benzene rings is 2. The van der Waals surface area contributed by atoms with Crippen molar-refractivity contribution < 1.29 is 30.3 Å². The summed E-state index contributed by atoms with van der Waals surface area (Å²) in [4.78, 5) is 0. The number of aromatic hydroxyl groups is 1. The van der Waals surface area contributed by atoms with Crippen molar-refractivity contribution in [3.8, 4) is 5.75 Å². The Morgan fingerprint density at radius 3 is 1.83 bits per heavy atom. The van der Waals surface area contributed by atoms with Crippen LogP contribution in [0.15, 0.2) is 42.5 Å². The van der Waals surface area contributed by atoms with Crippen LogP contribution in [0.5, 0.6) is 5.75 Å². The first-order chi connectivity index (χ1) is 10.6. The molecule has 1 N–H and O–H groups in total. The molecule has 136 valence electrons. The molecule has 0 heterocycles. The first-order valence-electron chi connectivity index (χ1n) is 6.40. The molecule has 0 aliphatic heterocycles. The Morgan fingerprint density at radius 1 is 0.875 bits per heavy atom. The molecule has 0 radical (unpaired) electrons. The van der Waals surface area contributed by atoms with E-state index in [2.05, 4.69) is 12.6 Å². The van der Waals surface area contributed by atoms with Crippen molar-refractivity contribution >= 4 is 32.0 Å². The van der Waals surface area contributed by atoms with Crippen molar-refractivity contribution in [2.75, 3.05) is 0 Å². The van der Waals surface area contributed by atoms with Crippen molar-refractivity contribution in [2.45, 2.75) is 12.2 Å². The second kappa shape index (κ2) is 6.65. The zero-order valence-electron chi connectivity index (χ0n) is 12.0. The van der Waals surface area contributed by atoms with E-state index in [9.17, 15) is 30.3 Å². The third-order valence-electron chi connectivity index (χ3n) is 2.69. The molecule has 2 aromatic carbocycles. The molecule has 0 amide bonds. The van der Waals surface area contributed by atoms with Crippen LogP contribution in [0.2, 0.25) is 5.02 Å². The van der Waals surface area contributed by atoms with Crippen LogP contribution in [0.4, 0.5) is 25.2 Å². The van der Waals surface area contributed by atoms with E-state index < -0.39 is 7.81 Å². The minimum atomic E-state index is -10.7. The molecule has 0 aliphatic rings.